The second-order valence-electron chi connectivity index (χ2n) is 11.7. The molecule has 0 spiro atoms. The monoisotopic (exact) mass is 578 g/mol. The maximum atomic E-state index is 13.1. The van der Waals surface area contributed by atoms with Gasteiger partial charge in [0, 0.05) is 24.7 Å². The summed E-state index contributed by atoms with van der Waals surface area (Å²) in [6.07, 6.45) is 6.54. The van der Waals surface area contributed by atoms with E-state index in [0.717, 1.165) is 25.2 Å². The number of aryl methyl sites for hydroxylation is 1. The topological polar surface area (TPSA) is 129 Å². The second-order valence-corrected chi connectivity index (χ2v) is 16.5. The Balaban J connectivity index is 1.53. The predicted molar refractivity (Wildman–Crippen MR) is 157 cm³/mol. The van der Waals surface area contributed by atoms with Crippen molar-refractivity contribution in [3.63, 3.8) is 0 Å². The lowest BCUT2D eigenvalue weighted by Crippen LogP contribution is -2.43. The average molecular weight is 579 g/mol. The van der Waals surface area contributed by atoms with Gasteiger partial charge in [-0.2, -0.15) is 0 Å². The molecule has 218 valence electrons. The first kappa shape index (κ1) is 30.1. The van der Waals surface area contributed by atoms with Crippen molar-refractivity contribution in [2.75, 3.05) is 25.0 Å². The molecule has 12 heteroatoms. The summed E-state index contributed by atoms with van der Waals surface area (Å²) in [5, 5.41) is 2.82. The van der Waals surface area contributed by atoms with Crippen LogP contribution in [0.1, 0.15) is 60.7 Å². The van der Waals surface area contributed by atoms with E-state index in [9.17, 15) is 9.59 Å². The number of hydrogen-bond donors (Lipinski definition) is 1. The van der Waals surface area contributed by atoms with Crippen molar-refractivity contribution < 1.29 is 23.5 Å². The second kappa shape index (κ2) is 12.3. The van der Waals surface area contributed by atoms with E-state index >= 15 is 0 Å². The molecule has 1 aliphatic heterocycles. The van der Waals surface area contributed by atoms with E-state index in [4.69, 9.17) is 13.9 Å². The van der Waals surface area contributed by atoms with Crippen molar-refractivity contribution in [3.8, 4) is 17.4 Å². The summed E-state index contributed by atoms with van der Waals surface area (Å²) in [5.74, 6) is 0.664. The highest BCUT2D eigenvalue weighted by Gasteiger charge is 2.37. The summed E-state index contributed by atoms with van der Waals surface area (Å²) >= 11 is 0. The normalized spacial score (nSPS) is 14.2. The van der Waals surface area contributed by atoms with Crippen LogP contribution >= 0.6 is 0 Å². The fourth-order valence-electron chi connectivity index (χ4n) is 3.57. The van der Waals surface area contributed by atoms with Gasteiger partial charge in [-0.15, -0.1) is 0 Å². The Kier molecular flexibility index (Phi) is 9.03. The Bertz CT molecular complexity index is 1370. The van der Waals surface area contributed by atoms with Gasteiger partial charge in [-0.25, -0.2) is 15.0 Å². The SMILES string of the molecule is Cc1cnc(NC(=O)c2cc(Oc3cnc(C(=O)N4CCC4)cn3)cc(O[C@@H](C)CO[Si](C)(C)C(C)(C)C)c2)cn1. The Morgan fingerprint density at radius 3 is 2.32 bits per heavy atom. The van der Waals surface area contributed by atoms with Crippen molar-refractivity contribution in [1.82, 2.24) is 24.8 Å². The summed E-state index contributed by atoms with van der Waals surface area (Å²) < 4.78 is 18.4. The standard InChI is InChI=1S/C29H38N6O5Si/c1-19-14-32-25(16-30-19)34-27(36)21-11-22(39-20(2)18-38-41(6,7)29(3,4)5)13-23(12-21)40-26-17-31-24(15-33-26)28(37)35-9-8-10-35/h11-17,20H,8-10,18H2,1-7H3,(H,32,34,36)/t20-/m0/s1. The quantitative estimate of drug-likeness (QED) is 0.321. The molecule has 4 rings (SSSR count). The number of rotatable bonds is 10. The maximum Gasteiger partial charge on any atom is 0.274 e. The van der Waals surface area contributed by atoms with Gasteiger partial charge < -0.3 is 24.1 Å². The zero-order valence-electron chi connectivity index (χ0n) is 24.7. The minimum absolute atomic E-state index is 0.0705. The number of amides is 2. The lowest BCUT2D eigenvalue weighted by molar-refractivity contribution is 0.0645. The molecular formula is C29H38N6O5Si. The van der Waals surface area contributed by atoms with E-state index in [-0.39, 0.29) is 34.2 Å². The summed E-state index contributed by atoms with van der Waals surface area (Å²) in [6.45, 7) is 16.5. The van der Waals surface area contributed by atoms with E-state index in [1.54, 1.807) is 29.3 Å². The number of nitrogens with zero attached hydrogens (tertiary/aromatic N) is 5. The zero-order chi connectivity index (χ0) is 29.8. The van der Waals surface area contributed by atoms with E-state index in [1.165, 1.54) is 18.6 Å². The molecule has 1 N–H and O–H groups in total. The van der Waals surface area contributed by atoms with Crippen molar-refractivity contribution in [2.45, 2.75) is 65.3 Å². The lowest BCUT2D eigenvalue weighted by Gasteiger charge is -2.36. The summed E-state index contributed by atoms with van der Waals surface area (Å²) in [6, 6.07) is 4.88. The third-order valence-corrected chi connectivity index (χ3v) is 11.7. The van der Waals surface area contributed by atoms with Gasteiger partial charge in [-0.05, 0) is 50.5 Å². The lowest BCUT2D eigenvalue weighted by atomic mass is 10.2. The fraction of sp³-hybridized carbons (Fsp3) is 0.448. The Morgan fingerprint density at radius 1 is 1.00 bits per heavy atom. The van der Waals surface area contributed by atoms with Gasteiger partial charge in [0.2, 0.25) is 5.88 Å². The average Bonchev–Trinajstić information content (AvgIpc) is 2.87. The van der Waals surface area contributed by atoms with Crippen molar-refractivity contribution in [3.05, 3.63) is 59.9 Å². The van der Waals surface area contributed by atoms with Crippen LogP contribution in [-0.4, -0.2) is 70.8 Å². The number of anilines is 1. The van der Waals surface area contributed by atoms with Gasteiger partial charge in [0.25, 0.3) is 11.8 Å². The largest absolute Gasteiger partial charge is 0.488 e. The fourth-order valence-corrected chi connectivity index (χ4v) is 4.65. The molecule has 1 saturated heterocycles. The van der Waals surface area contributed by atoms with Crippen molar-refractivity contribution >= 4 is 25.9 Å². The van der Waals surface area contributed by atoms with Crippen LogP contribution in [0.25, 0.3) is 0 Å². The number of carbonyl (C=O) groups is 2. The van der Waals surface area contributed by atoms with Crippen LogP contribution in [0.3, 0.4) is 0 Å². The molecule has 0 radical (unpaired) electrons. The summed E-state index contributed by atoms with van der Waals surface area (Å²) in [5.41, 5.74) is 1.28. The molecule has 2 aromatic heterocycles. The molecule has 41 heavy (non-hydrogen) atoms. The van der Waals surface area contributed by atoms with Crippen LogP contribution in [0.15, 0.2) is 43.0 Å². The Morgan fingerprint density at radius 2 is 1.73 bits per heavy atom. The molecular weight excluding hydrogens is 540 g/mol. The van der Waals surface area contributed by atoms with Crippen LogP contribution in [0.2, 0.25) is 18.1 Å². The highest BCUT2D eigenvalue weighted by Crippen LogP contribution is 2.36. The maximum absolute atomic E-state index is 13.1. The number of likely N-dealkylation sites (tertiary alicyclic amines) is 1. The number of ether oxygens (including phenoxy) is 2. The minimum atomic E-state index is -1.97. The van der Waals surface area contributed by atoms with Crippen LogP contribution in [0.4, 0.5) is 5.82 Å². The first-order valence-corrected chi connectivity index (χ1v) is 16.6. The molecule has 2 amide bonds. The molecule has 1 atom stereocenters. The first-order valence-electron chi connectivity index (χ1n) is 13.7. The summed E-state index contributed by atoms with van der Waals surface area (Å²) in [7, 11) is -1.97. The summed E-state index contributed by atoms with van der Waals surface area (Å²) in [4.78, 5) is 44.1. The van der Waals surface area contributed by atoms with Gasteiger partial charge in [0.1, 0.15) is 23.3 Å². The van der Waals surface area contributed by atoms with Crippen molar-refractivity contribution in [2.24, 2.45) is 0 Å². The molecule has 1 aromatic carbocycles. The predicted octanol–water partition coefficient (Wildman–Crippen LogP) is 5.25. The van der Waals surface area contributed by atoms with E-state index in [0.29, 0.717) is 23.9 Å². The smallest absolute Gasteiger partial charge is 0.274 e. The highest BCUT2D eigenvalue weighted by molar-refractivity contribution is 6.74. The zero-order valence-corrected chi connectivity index (χ0v) is 25.7. The van der Waals surface area contributed by atoms with E-state index in [2.05, 4.69) is 59.1 Å². The minimum Gasteiger partial charge on any atom is -0.488 e. The third kappa shape index (κ3) is 7.85. The van der Waals surface area contributed by atoms with Crippen molar-refractivity contribution in [1.29, 1.82) is 0 Å². The van der Waals surface area contributed by atoms with Gasteiger partial charge in [0.15, 0.2) is 14.1 Å². The molecule has 0 saturated carbocycles. The van der Waals surface area contributed by atoms with E-state index in [1.807, 2.05) is 13.8 Å². The van der Waals surface area contributed by atoms with Crippen LogP contribution < -0.4 is 14.8 Å². The molecule has 3 heterocycles. The number of nitrogens with one attached hydrogen (secondary N) is 1. The van der Waals surface area contributed by atoms with Crippen LogP contribution in [-0.2, 0) is 4.43 Å². The molecule has 0 bridgehead atoms. The Labute approximate surface area is 241 Å². The van der Waals surface area contributed by atoms with E-state index < -0.39 is 14.2 Å². The number of carbonyl (C=O) groups excluding carboxylic acids is 2. The molecule has 1 fully saturated rings. The number of aromatic nitrogens is 4. The third-order valence-electron chi connectivity index (χ3n) is 7.20. The highest BCUT2D eigenvalue weighted by atomic mass is 28.4. The van der Waals surface area contributed by atoms with Crippen LogP contribution in [0, 0.1) is 6.92 Å². The molecule has 3 aromatic rings. The number of hydrogen-bond acceptors (Lipinski definition) is 9. The molecule has 0 unspecified atom stereocenters. The number of benzene rings is 1. The molecule has 0 aliphatic carbocycles. The van der Waals surface area contributed by atoms with Gasteiger partial charge in [0.05, 0.1) is 37.1 Å². The van der Waals surface area contributed by atoms with Gasteiger partial charge in [-0.3, -0.25) is 14.6 Å². The molecule has 1 aliphatic rings. The van der Waals surface area contributed by atoms with Gasteiger partial charge in [-0.1, -0.05) is 20.8 Å². The first-order chi connectivity index (χ1) is 19.3. The van der Waals surface area contributed by atoms with Crippen LogP contribution in [0.5, 0.6) is 17.4 Å². The Hall–Kier alpha value is -3.90. The van der Waals surface area contributed by atoms with Gasteiger partial charge >= 0.3 is 0 Å². The molecule has 11 nitrogen and oxygen atoms in total.